The van der Waals surface area contributed by atoms with Crippen LogP contribution in [0.4, 0.5) is 0 Å². The summed E-state index contributed by atoms with van der Waals surface area (Å²) in [7, 11) is -0.216. The largest absolute Gasteiger partial charge is 0.428 e. The molecule has 7 heavy (non-hydrogen) atoms. The van der Waals surface area contributed by atoms with Gasteiger partial charge in [-0.05, 0) is 6.04 Å². The molecule has 42 valence electrons. The average Bonchev–Trinajstić information content (AvgIpc) is 1.69. The van der Waals surface area contributed by atoms with E-state index in [2.05, 4.69) is 0 Å². The molecule has 0 radical (unpaired) electrons. The third-order valence-electron chi connectivity index (χ3n) is 1.27. The number of rotatable bonds is 0. The fraction of sp³-hybridized carbons (Fsp3) is 1.00. The Kier molecular flexibility index (Phi) is 2.26. The maximum absolute atomic E-state index is 5.79. The first kappa shape index (κ1) is 5.70. The van der Waals surface area contributed by atoms with Gasteiger partial charge in [0.05, 0.1) is 8.48 Å². The van der Waals surface area contributed by atoms with Gasteiger partial charge in [0.25, 0.3) is 0 Å². The first-order valence-electron chi connectivity index (χ1n) is 2.73. The number of hydrogen-bond donors (Lipinski definition) is 1. The van der Waals surface area contributed by atoms with E-state index in [-0.39, 0.29) is 17.8 Å². The van der Waals surface area contributed by atoms with Gasteiger partial charge in [-0.1, -0.05) is 0 Å². The van der Waals surface area contributed by atoms with Crippen LogP contribution in [0.1, 0.15) is 0 Å². The summed E-state index contributed by atoms with van der Waals surface area (Å²) in [6.07, 6.45) is 0. The summed E-state index contributed by atoms with van der Waals surface area (Å²) in [6.45, 7) is 1.02. The minimum absolute atomic E-state index is 0.0367. The molecule has 1 atom stereocenters. The first-order valence-corrected chi connectivity index (χ1v) is 12.1. The number of nitrogens with two attached hydrogens (primary N) is 1. The lowest BCUT2D eigenvalue weighted by Gasteiger charge is -2.14. The molecule has 0 aromatic rings. The van der Waals surface area contributed by atoms with Crippen LogP contribution in [0.25, 0.3) is 0 Å². The summed E-state index contributed by atoms with van der Waals surface area (Å²) in [5, 5.41) is 5.79. The molecular weight excluding hydrogens is 138 g/mol. The van der Waals surface area contributed by atoms with Crippen molar-refractivity contribution in [1.82, 2.24) is 0 Å². The number of hydrogen-bond acceptors (Lipinski definition) is 2. The summed E-state index contributed by atoms with van der Waals surface area (Å²) in [6, 6.07) is 1.28. The molecule has 2 N–H and O–H groups in total. The molecule has 1 heterocycles. The zero-order valence-corrected chi connectivity index (χ0v) is 8.37. The Hall–Kier alpha value is 0.571. The van der Waals surface area contributed by atoms with Crippen LogP contribution in [-0.2, 0) is 4.43 Å². The second-order valence-corrected chi connectivity index (χ2v) is 16.7. The predicted molar refractivity (Wildman–Crippen MR) is 39.2 cm³/mol. The fourth-order valence-corrected chi connectivity index (χ4v) is 12.9. The van der Waals surface area contributed by atoms with Crippen LogP contribution in [0.3, 0.4) is 0 Å². The Balaban J connectivity index is 2.12. The van der Waals surface area contributed by atoms with E-state index in [4.69, 9.17) is 9.83 Å². The lowest BCUT2D eigenvalue weighted by atomic mass is 10.9. The van der Waals surface area contributed by atoms with Crippen LogP contribution in [0.15, 0.2) is 0 Å². The van der Waals surface area contributed by atoms with Crippen molar-refractivity contribution in [2.24, 2.45) is 5.40 Å². The highest BCUT2D eigenvalue weighted by molar-refractivity contribution is 7.34. The molecule has 0 aromatic heterocycles. The molecule has 0 spiro atoms. The average molecular weight is 149 g/mol. The Morgan fingerprint density at radius 2 is 2.57 bits per heavy atom. The first-order chi connectivity index (χ1) is 3.39. The van der Waals surface area contributed by atoms with Gasteiger partial charge >= 0.3 is 0 Å². The van der Waals surface area contributed by atoms with Gasteiger partial charge in [-0.15, -0.1) is 0 Å². The van der Waals surface area contributed by atoms with E-state index in [0.717, 1.165) is 6.61 Å². The predicted octanol–water partition coefficient (Wildman–Crippen LogP) is -2.64. The minimum atomic E-state index is -0.519. The highest BCUT2D eigenvalue weighted by atomic mass is 29.6. The van der Waals surface area contributed by atoms with Crippen LogP contribution >= 0.6 is 0 Å². The maximum atomic E-state index is 5.79. The van der Waals surface area contributed by atoms with Gasteiger partial charge in [0.1, 0.15) is 9.28 Å². The van der Waals surface area contributed by atoms with Gasteiger partial charge in [0, 0.05) is 15.2 Å². The maximum Gasteiger partial charge on any atom is 0.142 e. The molecule has 1 unspecified atom stereocenters. The molecule has 1 aliphatic heterocycles. The molecular formula is C2H11NOSi3. The van der Waals surface area contributed by atoms with Crippen molar-refractivity contribution in [3.8, 4) is 0 Å². The van der Waals surface area contributed by atoms with Crippen LogP contribution in [-0.4, -0.2) is 32.9 Å². The lowest BCUT2D eigenvalue weighted by molar-refractivity contribution is 0.367. The van der Waals surface area contributed by atoms with Crippen molar-refractivity contribution in [2.75, 3.05) is 6.61 Å². The van der Waals surface area contributed by atoms with Crippen LogP contribution in [0, 0.1) is 0 Å². The van der Waals surface area contributed by atoms with E-state index >= 15 is 0 Å². The minimum Gasteiger partial charge on any atom is -0.428 e. The zero-order valence-electron chi connectivity index (χ0n) is 4.39. The molecule has 0 bridgehead atoms. The molecule has 5 heteroatoms. The van der Waals surface area contributed by atoms with Crippen LogP contribution in [0.2, 0.25) is 6.04 Å². The van der Waals surface area contributed by atoms with E-state index < -0.39 is 8.48 Å². The van der Waals surface area contributed by atoms with Gasteiger partial charge in [0.2, 0.25) is 0 Å². The lowest BCUT2D eigenvalue weighted by Crippen LogP contribution is -2.42. The summed E-state index contributed by atoms with van der Waals surface area (Å²) in [5.41, 5.74) is 0. The summed E-state index contributed by atoms with van der Waals surface area (Å²) in [4.78, 5) is 0. The van der Waals surface area contributed by atoms with Crippen molar-refractivity contribution in [1.29, 1.82) is 0 Å². The standard InChI is InChI=1S/C2H11NOSi3/c3-7-2-1-4-5-6-7/h7H,1-3,5-6H2. The topological polar surface area (TPSA) is 35.2 Å². The van der Waals surface area contributed by atoms with Crippen LogP contribution < -0.4 is 5.40 Å². The van der Waals surface area contributed by atoms with E-state index in [1.807, 2.05) is 0 Å². The quantitative estimate of drug-likeness (QED) is 0.382. The fourth-order valence-electron chi connectivity index (χ4n) is 0.716. The van der Waals surface area contributed by atoms with Crippen molar-refractivity contribution >= 4 is 26.3 Å². The zero-order chi connectivity index (χ0) is 5.11. The molecule has 1 rings (SSSR count). The molecule has 0 amide bonds. The van der Waals surface area contributed by atoms with Crippen molar-refractivity contribution in [2.45, 2.75) is 6.04 Å². The van der Waals surface area contributed by atoms with Gasteiger partial charge in [-0.3, -0.25) is 0 Å². The molecule has 1 saturated heterocycles. The van der Waals surface area contributed by atoms with E-state index in [9.17, 15) is 0 Å². The normalized spacial score (nSPS) is 39.9. The molecule has 0 aliphatic carbocycles. The van der Waals surface area contributed by atoms with Crippen molar-refractivity contribution in [3.05, 3.63) is 0 Å². The summed E-state index contributed by atoms with van der Waals surface area (Å²) in [5.74, 6) is 0. The molecule has 0 saturated carbocycles. The van der Waals surface area contributed by atoms with Crippen molar-refractivity contribution in [3.63, 3.8) is 0 Å². The summed E-state index contributed by atoms with van der Waals surface area (Å²) < 4.78 is 5.30. The SMILES string of the molecule is N[SiH]1CCO[SiH2][SiH2]1. The van der Waals surface area contributed by atoms with E-state index in [1.165, 1.54) is 6.04 Å². The molecule has 1 aliphatic rings. The Morgan fingerprint density at radius 1 is 1.71 bits per heavy atom. The molecule has 0 aromatic carbocycles. The van der Waals surface area contributed by atoms with Crippen molar-refractivity contribution < 1.29 is 4.43 Å². The van der Waals surface area contributed by atoms with E-state index in [1.54, 1.807) is 0 Å². The highest BCUT2D eigenvalue weighted by Crippen LogP contribution is 1.89. The Bertz CT molecular complexity index is 54.9. The summed E-state index contributed by atoms with van der Waals surface area (Å²) >= 11 is 0. The Morgan fingerprint density at radius 3 is 2.86 bits per heavy atom. The molecule has 1 fully saturated rings. The Labute approximate surface area is 49.5 Å². The third-order valence-corrected chi connectivity index (χ3v) is 17.6. The van der Waals surface area contributed by atoms with Gasteiger partial charge in [0.15, 0.2) is 0 Å². The van der Waals surface area contributed by atoms with Gasteiger partial charge in [-0.25, -0.2) is 0 Å². The van der Waals surface area contributed by atoms with Gasteiger partial charge < -0.3 is 9.83 Å². The smallest absolute Gasteiger partial charge is 0.142 e. The van der Waals surface area contributed by atoms with E-state index in [0.29, 0.717) is 0 Å². The van der Waals surface area contributed by atoms with Gasteiger partial charge in [-0.2, -0.15) is 0 Å². The van der Waals surface area contributed by atoms with Crippen LogP contribution in [0.5, 0.6) is 0 Å². The highest BCUT2D eigenvalue weighted by Gasteiger charge is 2.10. The second-order valence-electron chi connectivity index (χ2n) is 1.95. The third kappa shape index (κ3) is 1.87. The molecule has 2 nitrogen and oxygen atoms in total. The monoisotopic (exact) mass is 149 g/mol. The second kappa shape index (κ2) is 2.78.